The van der Waals surface area contributed by atoms with Crippen molar-refractivity contribution in [1.29, 1.82) is 0 Å². The lowest BCUT2D eigenvalue weighted by Crippen LogP contribution is -2.27. The van der Waals surface area contributed by atoms with Gasteiger partial charge >= 0.3 is 17.9 Å². The van der Waals surface area contributed by atoms with Crippen molar-refractivity contribution in [3.8, 4) is 5.75 Å². The van der Waals surface area contributed by atoms with Gasteiger partial charge in [-0.25, -0.2) is 9.59 Å². The van der Waals surface area contributed by atoms with Gasteiger partial charge in [-0.15, -0.1) is 0 Å². The Morgan fingerprint density at radius 3 is 2.43 bits per heavy atom. The van der Waals surface area contributed by atoms with E-state index in [1.807, 2.05) is 0 Å². The molecule has 8 nitrogen and oxygen atoms in total. The molecule has 0 fully saturated rings. The molecule has 1 aliphatic heterocycles. The molecule has 1 N–H and O–H groups in total. The molecule has 0 aromatic heterocycles. The number of allylic oxidation sites excluding steroid dienone is 2. The van der Waals surface area contributed by atoms with E-state index in [0.717, 1.165) is 0 Å². The molecule has 0 atom stereocenters. The first-order valence-electron chi connectivity index (χ1n) is 8.45. The van der Waals surface area contributed by atoms with Crippen LogP contribution in [0, 0.1) is 0 Å². The van der Waals surface area contributed by atoms with Gasteiger partial charge in [-0.2, -0.15) is 0 Å². The minimum absolute atomic E-state index is 0.0158. The number of anilines is 1. The number of nitrogens with zero attached hydrogens (tertiary/aromatic N) is 1. The van der Waals surface area contributed by atoms with E-state index in [1.54, 1.807) is 25.1 Å². The first-order chi connectivity index (χ1) is 13.4. The van der Waals surface area contributed by atoms with Gasteiger partial charge in [0.25, 0.3) is 0 Å². The van der Waals surface area contributed by atoms with Crippen molar-refractivity contribution in [1.82, 2.24) is 0 Å². The van der Waals surface area contributed by atoms with Crippen molar-refractivity contribution >= 4 is 23.6 Å². The Kier molecular flexibility index (Phi) is 6.97. The summed E-state index contributed by atoms with van der Waals surface area (Å²) in [6, 6.07) is 4.49. The van der Waals surface area contributed by atoms with Gasteiger partial charge in [-0.3, -0.25) is 4.79 Å². The van der Waals surface area contributed by atoms with Crippen LogP contribution in [0.25, 0.3) is 0 Å². The highest BCUT2D eigenvalue weighted by atomic mass is 16.5. The quantitative estimate of drug-likeness (QED) is 0.584. The van der Waals surface area contributed by atoms with Crippen LogP contribution in [0.5, 0.6) is 5.75 Å². The smallest absolute Gasteiger partial charge is 0.355 e. The number of methoxy groups -OCH3 is 2. The van der Waals surface area contributed by atoms with Gasteiger partial charge in [-0.1, -0.05) is 12.1 Å². The molecule has 28 heavy (non-hydrogen) atoms. The molecule has 148 valence electrons. The second-order valence-corrected chi connectivity index (χ2v) is 5.62. The molecular weight excluding hydrogens is 366 g/mol. The van der Waals surface area contributed by atoms with Crippen LogP contribution in [-0.2, 0) is 35.0 Å². The lowest BCUT2D eigenvalue weighted by Gasteiger charge is -2.24. The molecule has 0 radical (unpaired) electrons. The maximum absolute atomic E-state index is 12.4. The number of carbonyl (C=O) groups excluding carboxylic acids is 3. The summed E-state index contributed by atoms with van der Waals surface area (Å²) in [5, 5.41) is 10.4. The number of carbonyl (C=O) groups is 3. The molecule has 0 saturated carbocycles. The zero-order valence-electron chi connectivity index (χ0n) is 15.8. The topological polar surface area (TPSA) is 102 Å². The van der Waals surface area contributed by atoms with Crippen molar-refractivity contribution in [2.45, 2.75) is 13.3 Å². The number of ether oxygens (including phenoxy) is 3. The summed E-state index contributed by atoms with van der Waals surface area (Å²) in [5.74, 6) is -2.13. The first-order valence-corrected chi connectivity index (χ1v) is 8.45. The van der Waals surface area contributed by atoms with Gasteiger partial charge < -0.3 is 24.2 Å². The number of phenols is 1. The molecule has 0 aliphatic carbocycles. The average molecular weight is 387 g/mol. The Morgan fingerprint density at radius 2 is 1.79 bits per heavy atom. The fourth-order valence-electron chi connectivity index (χ4n) is 2.60. The maximum atomic E-state index is 12.4. The van der Waals surface area contributed by atoms with Crippen LogP contribution in [0.4, 0.5) is 5.69 Å². The van der Waals surface area contributed by atoms with Crippen molar-refractivity contribution in [3.63, 3.8) is 0 Å². The van der Waals surface area contributed by atoms with Crippen molar-refractivity contribution < 1.29 is 33.7 Å². The van der Waals surface area contributed by atoms with Crippen molar-refractivity contribution in [2.24, 2.45) is 0 Å². The Labute approximate surface area is 162 Å². The number of phenolic OH excluding ortho intramolecular Hbond substituents is 1. The second-order valence-electron chi connectivity index (χ2n) is 5.62. The number of rotatable bonds is 6. The number of hydrogen-bond acceptors (Lipinski definition) is 8. The maximum Gasteiger partial charge on any atom is 0.355 e. The summed E-state index contributed by atoms with van der Waals surface area (Å²) in [6.07, 6.45) is 6.01. The van der Waals surface area contributed by atoms with Crippen LogP contribution in [0.2, 0.25) is 0 Å². The molecule has 0 unspecified atom stereocenters. The molecule has 1 aliphatic rings. The summed E-state index contributed by atoms with van der Waals surface area (Å²) in [4.78, 5) is 37.7. The largest absolute Gasteiger partial charge is 0.506 e. The lowest BCUT2D eigenvalue weighted by atomic mass is 10.1. The molecule has 8 heteroatoms. The predicted molar refractivity (Wildman–Crippen MR) is 100 cm³/mol. The van der Waals surface area contributed by atoms with Crippen LogP contribution in [-0.4, -0.2) is 43.8 Å². The summed E-state index contributed by atoms with van der Waals surface area (Å²) >= 11 is 0. The lowest BCUT2D eigenvalue weighted by molar-refractivity contribution is -0.142. The highest BCUT2D eigenvalue weighted by Gasteiger charge is 2.28. The first kappa shape index (κ1) is 20.8. The molecule has 0 bridgehead atoms. The molecule has 1 heterocycles. The molecule has 0 amide bonds. The third kappa shape index (κ3) is 4.59. The minimum Gasteiger partial charge on any atom is -0.506 e. The highest BCUT2D eigenvalue weighted by Crippen LogP contribution is 2.34. The summed E-state index contributed by atoms with van der Waals surface area (Å²) in [6.45, 7) is 1.96. The number of aromatic hydroxyl groups is 1. The van der Waals surface area contributed by atoms with E-state index in [9.17, 15) is 19.5 Å². The molecular formula is C20H21NO7. The molecule has 1 aromatic rings. The van der Waals surface area contributed by atoms with Gasteiger partial charge in [-0.05, 0) is 36.8 Å². The third-order valence-electron chi connectivity index (χ3n) is 3.84. The summed E-state index contributed by atoms with van der Waals surface area (Å²) < 4.78 is 14.5. The van der Waals surface area contributed by atoms with E-state index < -0.39 is 17.9 Å². The van der Waals surface area contributed by atoms with Gasteiger partial charge in [0.2, 0.25) is 0 Å². The normalized spacial score (nSPS) is 13.2. The van der Waals surface area contributed by atoms with Gasteiger partial charge in [0, 0.05) is 6.20 Å². The third-order valence-corrected chi connectivity index (χ3v) is 3.84. The van der Waals surface area contributed by atoms with Gasteiger partial charge in [0.05, 0.1) is 38.5 Å². The summed E-state index contributed by atoms with van der Waals surface area (Å²) in [5.41, 5.74) is 0.557. The van der Waals surface area contributed by atoms with Crippen LogP contribution in [0.3, 0.4) is 0 Å². The predicted octanol–water partition coefficient (Wildman–Crippen LogP) is 1.99. The van der Waals surface area contributed by atoms with Crippen LogP contribution >= 0.6 is 0 Å². The molecule has 2 rings (SSSR count). The monoisotopic (exact) mass is 387 g/mol. The molecule has 0 saturated heterocycles. The Morgan fingerprint density at radius 1 is 1.07 bits per heavy atom. The number of benzene rings is 1. The zero-order valence-corrected chi connectivity index (χ0v) is 15.8. The van der Waals surface area contributed by atoms with Crippen LogP contribution in [0.1, 0.15) is 12.5 Å². The Balaban J connectivity index is 2.58. The fraction of sp³-hybridized carbons (Fsp3) is 0.250. The highest BCUT2D eigenvalue weighted by molar-refractivity contribution is 6.05. The van der Waals surface area contributed by atoms with Gasteiger partial charge in [0.15, 0.2) is 0 Å². The fourth-order valence-corrected chi connectivity index (χ4v) is 2.60. The van der Waals surface area contributed by atoms with Crippen LogP contribution < -0.4 is 4.90 Å². The van der Waals surface area contributed by atoms with E-state index in [0.29, 0.717) is 5.56 Å². The number of esters is 3. The van der Waals surface area contributed by atoms with E-state index in [-0.39, 0.29) is 35.7 Å². The molecule has 1 aromatic carbocycles. The SMILES string of the molecule is CCOC(=O)Cc1ccc(O)c(N2C=CC=CC(C(=O)OC)=C2C(=O)OC)c1. The summed E-state index contributed by atoms with van der Waals surface area (Å²) in [7, 11) is 2.37. The second kappa shape index (κ2) is 9.40. The minimum atomic E-state index is -0.799. The van der Waals surface area contributed by atoms with E-state index in [1.165, 1.54) is 43.5 Å². The van der Waals surface area contributed by atoms with Crippen molar-refractivity contribution in [2.75, 3.05) is 25.7 Å². The van der Waals surface area contributed by atoms with E-state index in [4.69, 9.17) is 14.2 Å². The molecule has 0 spiro atoms. The van der Waals surface area contributed by atoms with Crippen LogP contribution in [0.15, 0.2) is 53.9 Å². The van der Waals surface area contributed by atoms with Gasteiger partial charge in [0.1, 0.15) is 11.4 Å². The Hall–Kier alpha value is -3.55. The zero-order chi connectivity index (χ0) is 20.7. The average Bonchev–Trinajstić information content (AvgIpc) is 2.91. The number of hydrogen-bond donors (Lipinski definition) is 1. The van der Waals surface area contributed by atoms with E-state index >= 15 is 0 Å². The van der Waals surface area contributed by atoms with Crippen molar-refractivity contribution in [3.05, 3.63) is 59.5 Å². The standard InChI is InChI=1S/C20H21NO7/c1-4-28-17(23)12-13-8-9-16(22)15(11-13)21-10-6-5-7-14(19(24)26-2)18(21)20(25)27-3/h5-11,22H,4,12H2,1-3H3. The Bertz CT molecular complexity index is 867. The van der Waals surface area contributed by atoms with E-state index in [2.05, 4.69) is 0 Å².